The molecule has 0 N–H and O–H groups in total. The molecule has 0 aliphatic carbocycles. The fourth-order valence-corrected chi connectivity index (χ4v) is 3.03. The highest BCUT2D eigenvalue weighted by atomic mass is 79.9. The molecule has 0 aliphatic rings. The third-order valence-corrected chi connectivity index (χ3v) is 4.51. The molecule has 21 heavy (non-hydrogen) atoms. The lowest BCUT2D eigenvalue weighted by Gasteiger charge is -1.99. The van der Waals surface area contributed by atoms with E-state index >= 15 is 0 Å². The molecule has 2 aromatic heterocycles. The Morgan fingerprint density at radius 2 is 1.95 bits per heavy atom. The number of carbonyl (C=O) groups excluding carboxylic acids is 1. The van der Waals surface area contributed by atoms with Gasteiger partial charge in [-0.25, -0.2) is 0 Å². The van der Waals surface area contributed by atoms with Crippen molar-refractivity contribution in [3.05, 3.63) is 75.1 Å². The van der Waals surface area contributed by atoms with Crippen LogP contribution in [0.5, 0.6) is 0 Å². The number of benzene rings is 1. The minimum atomic E-state index is -0.0103. The van der Waals surface area contributed by atoms with Crippen LogP contribution in [0.3, 0.4) is 0 Å². The van der Waals surface area contributed by atoms with E-state index in [1.54, 1.807) is 6.08 Å². The molecule has 0 bridgehead atoms. The van der Waals surface area contributed by atoms with Crippen LogP contribution in [0.1, 0.15) is 15.4 Å². The summed E-state index contributed by atoms with van der Waals surface area (Å²) in [5, 5.41) is 1.89. The Bertz CT molecular complexity index is 785. The molecule has 0 amide bonds. The smallest absolute Gasteiger partial charge is 0.195 e. The second kappa shape index (κ2) is 6.24. The highest BCUT2D eigenvalue weighted by Crippen LogP contribution is 2.29. The second-order valence-electron chi connectivity index (χ2n) is 4.36. The average Bonchev–Trinajstić information content (AvgIpc) is 3.17. The Hall–Kier alpha value is -1.91. The van der Waals surface area contributed by atoms with Crippen LogP contribution in [0.25, 0.3) is 17.4 Å². The Labute approximate surface area is 134 Å². The maximum atomic E-state index is 11.9. The van der Waals surface area contributed by atoms with Crippen LogP contribution in [0.15, 0.2) is 68.9 Å². The molecule has 0 saturated carbocycles. The normalized spacial score (nSPS) is 11.1. The largest absolute Gasteiger partial charge is 0.457 e. The average molecular weight is 359 g/mol. The van der Waals surface area contributed by atoms with Crippen LogP contribution >= 0.6 is 27.3 Å². The summed E-state index contributed by atoms with van der Waals surface area (Å²) in [7, 11) is 0. The standard InChI is InChI=1S/C17H11BrO2S/c18-14-5-2-1-4-13(14)16-10-8-12(20-16)7-9-15(19)17-6-3-11-21-17/h1-11H. The zero-order valence-corrected chi connectivity index (χ0v) is 13.4. The second-order valence-corrected chi connectivity index (χ2v) is 6.16. The zero-order valence-electron chi connectivity index (χ0n) is 11.0. The van der Waals surface area contributed by atoms with Gasteiger partial charge in [0.1, 0.15) is 11.5 Å². The van der Waals surface area contributed by atoms with Crippen LogP contribution in [0, 0.1) is 0 Å². The molecule has 2 nitrogen and oxygen atoms in total. The van der Waals surface area contributed by atoms with Crippen molar-refractivity contribution in [2.24, 2.45) is 0 Å². The fraction of sp³-hybridized carbons (Fsp3) is 0. The van der Waals surface area contributed by atoms with Gasteiger partial charge in [0.05, 0.1) is 4.88 Å². The van der Waals surface area contributed by atoms with Gasteiger partial charge in [0, 0.05) is 10.0 Å². The quantitative estimate of drug-likeness (QED) is 0.444. The van der Waals surface area contributed by atoms with E-state index in [0.29, 0.717) is 5.76 Å². The van der Waals surface area contributed by atoms with Crippen molar-refractivity contribution < 1.29 is 9.21 Å². The van der Waals surface area contributed by atoms with Gasteiger partial charge in [-0.2, -0.15) is 0 Å². The third kappa shape index (κ3) is 3.23. The predicted octanol–water partition coefficient (Wildman–Crippen LogP) is 5.67. The van der Waals surface area contributed by atoms with Crippen LogP contribution < -0.4 is 0 Å². The minimum Gasteiger partial charge on any atom is -0.457 e. The van der Waals surface area contributed by atoms with E-state index in [-0.39, 0.29) is 5.78 Å². The number of hydrogen-bond acceptors (Lipinski definition) is 3. The number of carbonyl (C=O) groups is 1. The highest BCUT2D eigenvalue weighted by Gasteiger charge is 2.07. The number of thiophene rings is 1. The molecule has 0 fully saturated rings. The summed E-state index contributed by atoms with van der Waals surface area (Å²) in [6.07, 6.45) is 3.23. The molecule has 104 valence electrons. The molecule has 4 heteroatoms. The summed E-state index contributed by atoms with van der Waals surface area (Å²) in [6.45, 7) is 0. The van der Waals surface area contributed by atoms with Gasteiger partial charge in [-0.05, 0) is 41.8 Å². The lowest BCUT2D eigenvalue weighted by atomic mass is 10.2. The molecule has 3 aromatic rings. The number of furan rings is 1. The van der Waals surface area contributed by atoms with Crippen molar-refractivity contribution in [2.75, 3.05) is 0 Å². The number of hydrogen-bond donors (Lipinski definition) is 0. The molecule has 0 aliphatic heterocycles. The van der Waals surface area contributed by atoms with E-state index in [1.807, 2.05) is 53.9 Å². The van der Waals surface area contributed by atoms with Gasteiger partial charge in [-0.1, -0.05) is 40.2 Å². The summed E-state index contributed by atoms with van der Waals surface area (Å²) in [5.74, 6) is 1.42. The van der Waals surface area contributed by atoms with E-state index in [4.69, 9.17) is 4.42 Å². The van der Waals surface area contributed by atoms with E-state index in [2.05, 4.69) is 15.9 Å². The van der Waals surface area contributed by atoms with Gasteiger partial charge >= 0.3 is 0 Å². The van der Waals surface area contributed by atoms with Crippen LogP contribution in [-0.2, 0) is 0 Å². The summed E-state index contributed by atoms with van der Waals surface area (Å²) in [4.78, 5) is 12.6. The Kier molecular flexibility index (Phi) is 4.18. The topological polar surface area (TPSA) is 30.2 Å². The zero-order chi connectivity index (χ0) is 14.7. The van der Waals surface area contributed by atoms with Gasteiger partial charge in [0.25, 0.3) is 0 Å². The van der Waals surface area contributed by atoms with Gasteiger partial charge in [-0.3, -0.25) is 4.79 Å². The molecule has 1 aromatic carbocycles. The van der Waals surface area contributed by atoms with Crippen molar-refractivity contribution in [1.82, 2.24) is 0 Å². The summed E-state index contributed by atoms with van der Waals surface area (Å²) in [5.41, 5.74) is 0.988. The summed E-state index contributed by atoms with van der Waals surface area (Å²) < 4.78 is 6.73. The van der Waals surface area contributed by atoms with Crippen molar-refractivity contribution in [3.63, 3.8) is 0 Å². The molecule has 2 heterocycles. The Balaban J connectivity index is 1.80. The van der Waals surface area contributed by atoms with Crippen LogP contribution in [0.2, 0.25) is 0 Å². The van der Waals surface area contributed by atoms with Crippen molar-refractivity contribution in [2.45, 2.75) is 0 Å². The minimum absolute atomic E-state index is 0.0103. The highest BCUT2D eigenvalue weighted by molar-refractivity contribution is 9.10. The Morgan fingerprint density at radius 1 is 1.10 bits per heavy atom. The van der Waals surface area contributed by atoms with Crippen molar-refractivity contribution >= 4 is 39.1 Å². The van der Waals surface area contributed by atoms with Crippen molar-refractivity contribution in [3.8, 4) is 11.3 Å². The molecular weight excluding hydrogens is 348 g/mol. The van der Waals surface area contributed by atoms with E-state index in [1.165, 1.54) is 17.4 Å². The first-order chi connectivity index (χ1) is 10.2. The predicted molar refractivity (Wildman–Crippen MR) is 89.5 cm³/mol. The van der Waals surface area contributed by atoms with E-state index in [0.717, 1.165) is 20.7 Å². The maximum Gasteiger partial charge on any atom is 0.195 e. The molecule has 0 radical (unpaired) electrons. The molecular formula is C17H11BrO2S. The first kappa shape index (κ1) is 14.0. The number of rotatable bonds is 4. The SMILES string of the molecule is O=C(C=Cc1ccc(-c2ccccc2Br)o1)c1cccs1. The molecule has 0 atom stereocenters. The van der Waals surface area contributed by atoms with Gasteiger partial charge in [-0.15, -0.1) is 11.3 Å². The van der Waals surface area contributed by atoms with Crippen LogP contribution in [-0.4, -0.2) is 5.78 Å². The number of allylic oxidation sites excluding steroid dienone is 1. The molecule has 0 spiro atoms. The van der Waals surface area contributed by atoms with Crippen molar-refractivity contribution in [1.29, 1.82) is 0 Å². The number of ketones is 1. The van der Waals surface area contributed by atoms with Gasteiger partial charge in [0.15, 0.2) is 5.78 Å². The maximum absolute atomic E-state index is 11.9. The lowest BCUT2D eigenvalue weighted by Crippen LogP contribution is -1.88. The molecule has 3 rings (SSSR count). The van der Waals surface area contributed by atoms with Gasteiger partial charge in [0.2, 0.25) is 0 Å². The third-order valence-electron chi connectivity index (χ3n) is 2.93. The van der Waals surface area contributed by atoms with E-state index < -0.39 is 0 Å². The van der Waals surface area contributed by atoms with E-state index in [9.17, 15) is 4.79 Å². The summed E-state index contributed by atoms with van der Waals surface area (Å²) >= 11 is 4.93. The monoisotopic (exact) mass is 358 g/mol. The first-order valence-corrected chi connectivity index (χ1v) is 8.02. The lowest BCUT2D eigenvalue weighted by molar-refractivity contribution is 0.105. The summed E-state index contributed by atoms with van der Waals surface area (Å²) in [6, 6.07) is 15.3. The molecule has 0 saturated heterocycles. The number of halogens is 1. The molecule has 0 unspecified atom stereocenters. The fourth-order valence-electron chi connectivity index (χ4n) is 1.91. The van der Waals surface area contributed by atoms with Gasteiger partial charge < -0.3 is 4.42 Å². The Morgan fingerprint density at radius 3 is 2.71 bits per heavy atom. The first-order valence-electron chi connectivity index (χ1n) is 6.35. The van der Waals surface area contributed by atoms with Crippen LogP contribution in [0.4, 0.5) is 0 Å².